The number of carbonyl (C=O) groups excluding carboxylic acids is 3. The Morgan fingerprint density at radius 1 is 0.963 bits per heavy atom. The molecular weight excluding hydrogens is 353 g/mol. The number of rotatable bonds is 4. The van der Waals surface area contributed by atoms with E-state index in [-0.39, 0.29) is 22.5 Å². The molecule has 27 heavy (non-hydrogen) atoms. The van der Waals surface area contributed by atoms with Crippen LogP contribution < -0.4 is 16.4 Å². The Morgan fingerprint density at radius 2 is 1.56 bits per heavy atom. The second kappa shape index (κ2) is 7.86. The summed E-state index contributed by atoms with van der Waals surface area (Å²) in [5, 5.41) is 4.88. The molecule has 4 N–H and O–H groups in total. The molecule has 0 aliphatic carbocycles. The first-order valence-corrected chi connectivity index (χ1v) is 8.06. The van der Waals surface area contributed by atoms with Crippen LogP contribution in [-0.2, 0) is 4.74 Å². The van der Waals surface area contributed by atoms with E-state index in [2.05, 4.69) is 10.6 Å². The van der Waals surface area contributed by atoms with E-state index in [0.29, 0.717) is 0 Å². The molecule has 8 heteroatoms. The van der Waals surface area contributed by atoms with E-state index in [1.807, 2.05) is 0 Å². The van der Waals surface area contributed by atoms with Crippen molar-refractivity contribution in [2.75, 3.05) is 10.6 Å². The summed E-state index contributed by atoms with van der Waals surface area (Å²) >= 11 is 0. The quantitative estimate of drug-likeness (QED) is 0.761. The molecule has 0 saturated carbocycles. The fraction of sp³-hybridized carbons (Fsp3) is 0.211. The summed E-state index contributed by atoms with van der Waals surface area (Å²) in [6.07, 6.45) is -0.813. The Kier molecular flexibility index (Phi) is 5.79. The summed E-state index contributed by atoms with van der Waals surface area (Å²) in [7, 11) is 0. The van der Waals surface area contributed by atoms with E-state index in [4.69, 9.17) is 10.5 Å². The molecule has 0 fully saturated rings. The Morgan fingerprint density at radius 3 is 2.11 bits per heavy atom. The largest absolute Gasteiger partial charge is 0.444 e. The first-order chi connectivity index (χ1) is 12.5. The second-order valence-corrected chi connectivity index (χ2v) is 6.72. The maximum atomic E-state index is 13.9. The highest BCUT2D eigenvalue weighted by atomic mass is 19.1. The maximum Gasteiger partial charge on any atom is 0.412 e. The van der Waals surface area contributed by atoms with Crippen molar-refractivity contribution >= 4 is 29.3 Å². The zero-order valence-corrected chi connectivity index (χ0v) is 15.1. The molecule has 0 radical (unpaired) electrons. The zero-order valence-electron chi connectivity index (χ0n) is 15.1. The van der Waals surface area contributed by atoms with Gasteiger partial charge in [-0.2, -0.15) is 0 Å². The first-order valence-electron chi connectivity index (χ1n) is 8.06. The van der Waals surface area contributed by atoms with Gasteiger partial charge in [-0.1, -0.05) is 0 Å². The van der Waals surface area contributed by atoms with Crippen LogP contribution in [0.4, 0.5) is 20.6 Å². The number of nitrogens with two attached hydrogens (primary N) is 1. The lowest BCUT2D eigenvalue weighted by Gasteiger charge is -2.20. The van der Waals surface area contributed by atoms with Gasteiger partial charge in [-0.15, -0.1) is 0 Å². The molecule has 0 atom stereocenters. The van der Waals surface area contributed by atoms with E-state index in [0.717, 1.165) is 6.07 Å². The van der Waals surface area contributed by atoms with Gasteiger partial charge >= 0.3 is 6.09 Å². The van der Waals surface area contributed by atoms with Crippen molar-refractivity contribution in [2.24, 2.45) is 5.73 Å². The van der Waals surface area contributed by atoms with Crippen LogP contribution in [0, 0.1) is 5.82 Å². The minimum Gasteiger partial charge on any atom is -0.444 e. The van der Waals surface area contributed by atoms with Crippen molar-refractivity contribution in [2.45, 2.75) is 26.4 Å². The van der Waals surface area contributed by atoms with Crippen LogP contribution in [0.3, 0.4) is 0 Å². The Bertz CT molecular complexity index is 874. The highest BCUT2D eigenvalue weighted by Crippen LogP contribution is 2.21. The number of carbonyl (C=O) groups is 3. The molecule has 0 bridgehead atoms. The summed E-state index contributed by atoms with van der Waals surface area (Å²) in [5.74, 6) is -1.75. The fourth-order valence-electron chi connectivity index (χ4n) is 2.10. The molecule has 0 spiro atoms. The van der Waals surface area contributed by atoms with Gasteiger partial charge in [0.1, 0.15) is 11.4 Å². The van der Waals surface area contributed by atoms with Crippen molar-refractivity contribution in [1.29, 1.82) is 0 Å². The summed E-state index contributed by atoms with van der Waals surface area (Å²) in [4.78, 5) is 35.1. The van der Waals surface area contributed by atoms with Crippen molar-refractivity contribution in [3.05, 3.63) is 59.4 Å². The molecule has 0 aliphatic rings. The number of hydrogen-bond acceptors (Lipinski definition) is 4. The topological polar surface area (TPSA) is 111 Å². The van der Waals surface area contributed by atoms with Crippen LogP contribution >= 0.6 is 0 Å². The van der Waals surface area contributed by atoms with Gasteiger partial charge in [0.25, 0.3) is 5.91 Å². The number of nitrogens with one attached hydrogen (secondary N) is 2. The molecule has 3 amide bonds. The number of primary amides is 1. The van der Waals surface area contributed by atoms with E-state index < -0.39 is 29.3 Å². The van der Waals surface area contributed by atoms with Crippen LogP contribution in [0.15, 0.2) is 42.5 Å². The smallest absolute Gasteiger partial charge is 0.412 e. The molecule has 7 nitrogen and oxygen atoms in total. The monoisotopic (exact) mass is 373 g/mol. The fourth-order valence-corrected chi connectivity index (χ4v) is 2.10. The van der Waals surface area contributed by atoms with Gasteiger partial charge in [0, 0.05) is 16.8 Å². The third-order valence-corrected chi connectivity index (χ3v) is 3.29. The second-order valence-electron chi connectivity index (χ2n) is 6.72. The molecule has 0 heterocycles. The van der Waals surface area contributed by atoms with Gasteiger partial charge in [0.15, 0.2) is 0 Å². The molecule has 2 aromatic rings. The molecular formula is C19H20FN3O4. The molecule has 0 aliphatic heterocycles. The third kappa shape index (κ3) is 5.81. The van der Waals surface area contributed by atoms with Crippen LogP contribution in [0.2, 0.25) is 0 Å². The number of amides is 3. The zero-order chi connectivity index (χ0) is 20.2. The Balaban J connectivity index is 2.11. The van der Waals surface area contributed by atoms with Gasteiger partial charge in [0.2, 0.25) is 5.91 Å². The van der Waals surface area contributed by atoms with E-state index in [1.165, 1.54) is 36.4 Å². The molecule has 2 rings (SSSR count). The van der Waals surface area contributed by atoms with Gasteiger partial charge in [-0.05, 0) is 63.2 Å². The highest BCUT2D eigenvalue weighted by molar-refractivity contribution is 6.05. The number of ether oxygens (including phenoxy) is 1. The summed E-state index contributed by atoms with van der Waals surface area (Å²) in [5.41, 5.74) is 5.11. The molecule has 0 unspecified atom stereocenters. The summed E-state index contributed by atoms with van der Waals surface area (Å²) < 4.78 is 19.0. The average molecular weight is 373 g/mol. The molecule has 0 saturated heterocycles. The van der Waals surface area contributed by atoms with Crippen molar-refractivity contribution in [1.82, 2.24) is 0 Å². The standard InChI is InChI=1S/C19H20FN3O4/c1-19(2,3)27-18(26)23-15-10-13(8-9-14(15)20)22-17(25)12-6-4-11(5-7-12)16(21)24/h4-10H,1-3H3,(H2,21,24)(H,22,25)(H,23,26). The van der Waals surface area contributed by atoms with Crippen LogP contribution in [0.5, 0.6) is 0 Å². The summed E-state index contributed by atoms with van der Waals surface area (Å²) in [6, 6.07) is 9.48. The van der Waals surface area contributed by atoms with Gasteiger partial charge in [0.05, 0.1) is 5.69 Å². The predicted molar refractivity (Wildman–Crippen MR) is 99.2 cm³/mol. The minimum atomic E-state index is -0.813. The number of hydrogen-bond donors (Lipinski definition) is 3. The number of anilines is 2. The highest BCUT2D eigenvalue weighted by Gasteiger charge is 2.18. The first kappa shape index (κ1) is 19.9. The number of halogens is 1. The van der Waals surface area contributed by atoms with E-state index >= 15 is 0 Å². The molecule has 2 aromatic carbocycles. The van der Waals surface area contributed by atoms with Crippen LogP contribution in [0.1, 0.15) is 41.5 Å². The van der Waals surface area contributed by atoms with E-state index in [9.17, 15) is 18.8 Å². The minimum absolute atomic E-state index is 0.133. The van der Waals surface area contributed by atoms with Gasteiger partial charge in [-0.25, -0.2) is 9.18 Å². The van der Waals surface area contributed by atoms with Crippen LogP contribution in [0.25, 0.3) is 0 Å². The van der Waals surface area contributed by atoms with Crippen molar-refractivity contribution < 1.29 is 23.5 Å². The van der Waals surface area contributed by atoms with Crippen molar-refractivity contribution in [3.63, 3.8) is 0 Å². The lowest BCUT2D eigenvalue weighted by Crippen LogP contribution is -2.27. The maximum absolute atomic E-state index is 13.9. The Labute approximate surface area is 155 Å². The molecule has 142 valence electrons. The predicted octanol–water partition coefficient (Wildman–Crippen LogP) is 3.52. The van der Waals surface area contributed by atoms with Gasteiger partial charge in [-0.3, -0.25) is 14.9 Å². The lowest BCUT2D eigenvalue weighted by atomic mass is 10.1. The third-order valence-electron chi connectivity index (χ3n) is 3.29. The summed E-state index contributed by atoms with van der Waals surface area (Å²) in [6.45, 7) is 5.05. The van der Waals surface area contributed by atoms with E-state index in [1.54, 1.807) is 20.8 Å². The lowest BCUT2D eigenvalue weighted by molar-refractivity contribution is 0.0635. The van der Waals surface area contributed by atoms with Crippen molar-refractivity contribution in [3.8, 4) is 0 Å². The van der Waals surface area contributed by atoms with Gasteiger partial charge < -0.3 is 15.8 Å². The molecule has 0 aromatic heterocycles. The van der Waals surface area contributed by atoms with Crippen LogP contribution in [-0.4, -0.2) is 23.5 Å². The average Bonchev–Trinajstić information content (AvgIpc) is 2.56. The number of benzene rings is 2. The normalized spacial score (nSPS) is 10.8. The SMILES string of the molecule is CC(C)(C)OC(=O)Nc1cc(NC(=O)c2ccc(C(N)=O)cc2)ccc1F. The Hall–Kier alpha value is -3.42.